The van der Waals surface area contributed by atoms with Gasteiger partial charge in [-0.15, -0.1) is 0 Å². The third kappa shape index (κ3) is 4.45. The zero-order chi connectivity index (χ0) is 19.5. The fraction of sp³-hybridized carbons (Fsp3) is 0.278. The Morgan fingerprint density at radius 3 is 2.31 bits per heavy atom. The van der Waals surface area contributed by atoms with Gasteiger partial charge in [-0.2, -0.15) is 18.4 Å². The van der Waals surface area contributed by atoms with Crippen LogP contribution in [-0.4, -0.2) is 19.1 Å². The number of hydrogen-bond acceptors (Lipinski definition) is 5. The minimum absolute atomic E-state index is 0.207. The van der Waals surface area contributed by atoms with Gasteiger partial charge in [0.15, 0.2) is 0 Å². The Morgan fingerprint density at radius 2 is 1.77 bits per heavy atom. The van der Waals surface area contributed by atoms with Crippen LogP contribution in [-0.2, 0) is 10.0 Å². The lowest BCUT2D eigenvalue weighted by atomic mass is 10.0. The van der Waals surface area contributed by atoms with E-state index in [4.69, 9.17) is 0 Å². The molecule has 26 heavy (non-hydrogen) atoms. The van der Waals surface area contributed by atoms with Gasteiger partial charge in [0, 0.05) is 11.6 Å². The van der Waals surface area contributed by atoms with Crippen molar-refractivity contribution in [1.82, 2.24) is 4.83 Å². The summed E-state index contributed by atoms with van der Waals surface area (Å²) in [7, 11) is -4.00. The average molecular weight is 375 g/mol. The standard InChI is InChI=1S/C18H21N3O4S/c1-12(2)15-6-8-16(9-7-15)14(4)19-20-26(24,25)17-10-5-13(3)18(11-17)21(22)23/h5-12,20H,1-4H3/b19-14-. The molecule has 0 aliphatic rings. The first-order chi connectivity index (χ1) is 12.1. The summed E-state index contributed by atoms with van der Waals surface area (Å²) in [5.41, 5.74) is 2.59. The van der Waals surface area contributed by atoms with Crippen LogP contribution in [0, 0.1) is 17.0 Å². The van der Waals surface area contributed by atoms with E-state index in [1.54, 1.807) is 13.8 Å². The number of hydrogen-bond donors (Lipinski definition) is 1. The monoisotopic (exact) mass is 375 g/mol. The van der Waals surface area contributed by atoms with E-state index in [1.807, 2.05) is 24.3 Å². The van der Waals surface area contributed by atoms with E-state index in [9.17, 15) is 18.5 Å². The van der Waals surface area contributed by atoms with Gasteiger partial charge in [-0.3, -0.25) is 10.1 Å². The van der Waals surface area contributed by atoms with Gasteiger partial charge in [-0.25, -0.2) is 0 Å². The molecule has 0 bridgehead atoms. The molecule has 0 saturated carbocycles. The van der Waals surface area contributed by atoms with E-state index in [2.05, 4.69) is 23.8 Å². The Kier molecular flexibility index (Phi) is 5.76. The first-order valence-corrected chi connectivity index (χ1v) is 9.51. The first kappa shape index (κ1) is 19.6. The Hall–Kier alpha value is -2.74. The van der Waals surface area contributed by atoms with Crippen LogP contribution < -0.4 is 4.83 Å². The second-order valence-electron chi connectivity index (χ2n) is 6.27. The van der Waals surface area contributed by atoms with Gasteiger partial charge in [0.2, 0.25) is 0 Å². The third-order valence-corrected chi connectivity index (χ3v) is 5.22. The van der Waals surface area contributed by atoms with Crippen molar-refractivity contribution in [2.75, 3.05) is 0 Å². The van der Waals surface area contributed by atoms with E-state index in [1.165, 1.54) is 17.7 Å². The molecule has 0 aromatic heterocycles. The molecule has 2 aromatic rings. The minimum atomic E-state index is -4.00. The highest BCUT2D eigenvalue weighted by atomic mass is 32.2. The number of rotatable bonds is 6. The molecule has 2 aromatic carbocycles. The smallest absolute Gasteiger partial charge is 0.258 e. The van der Waals surface area contributed by atoms with Crippen molar-refractivity contribution in [3.05, 3.63) is 69.3 Å². The molecule has 0 aliphatic carbocycles. The maximum absolute atomic E-state index is 12.4. The molecule has 7 nitrogen and oxygen atoms in total. The highest BCUT2D eigenvalue weighted by Gasteiger charge is 2.19. The lowest BCUT2D eigenvalue weighted by Gasteiger charge is -2.08. The summed E-state index contributed by atoms with van der Waals surface area (Å²) in [5, 5.41) is 14.9. The summed E-state index contributed by atoms with van der Waals surface area (Å²) in [6, 6.07) is 11.4. The number of nitro benzene ring substituents is 1. The number of aryl methyl sites for hydroxylation is 1. The van der Waals surface area contributed by atoms with Crippen molar-refractivity contribution < 1.29 is 13.3 Å². The minimum Gasteiger partial charge on any atom is -0.258 e. The summed E-state index contributed by atoms with van der Waals surface area (Å²) in [5.74, 6) is 0.400. The van der Waals surface area contributed by atoms with Crippen LogP contribution in [0.1, 0.15) is 43.4 Å². The predicted octanol–water partition coefficient (Wildman–Crippen LogP) is 3.73. The lowest BCUT2D eigenvalue weighted by molar-refractivity contribution is -0.385. The van der Waals surface area contributed by atoms with E-state index in [-0.39, 0.29) is 10.6 Å². The van der Waals surface area contributed by atoms with Crippen molar-refractivity contribution in [2.45, 2.75) is 38.5 Å². The fourth-order valence-electron chi connectivity index (χ4n) is 2.31. The molecule has 1 N–H and O–H groups in total. The van der Waals surface area contributed by atoms with Crippen molar-refractivity contribution >= 4 is 21.4 Å². The molecule has 0 spiro atoms. The second-order valence-corrected chi connectivity index (χ2v) is 7.93. The molecular formula is C18H21N3O4S. The van der Waals surface area contributed by atoms with Crippen molar-refractivity contribution in [1.29, 1.82) is 0 Å². The van der Waals surface area contributed by atoms with Crippen LogP contribution in [0.2, 0.25) is 0 Å². The van der Waals surface area contributed by atoms with Crippen molar-refractivity contribution in [3.8, 4) is 0 Å². The normalized spacial score (nSPS) is 12.3. The molecule has 138 valence electrons. The number of hydrazone groups is 1. The summed E-state index contributed by atoms with van der Waals surface area (Å²) < 4.78 is 24.7. The number of benzene rings is 2. The molecule has 0 amide bonds. The zero-order valence-corrected chi connectivity index (χ0v) is 15.9. The Morgan fingerprint density at radius 1 is 1.15 bits per heavy atom. The Balaban J connectivity index is 2.25. The maximum atomic E-state index is 12.4. The van der Waals surface area contributed by atoms with Gasteiger partial charge in [-0.05, 0) is 37.0 Å². The molecule has 0 radical (unpaired) electrons. The van der Waals surface area contributed by atoms with Crippen LogP contribution in [0.5, 0.6) is 0 Å². The number of nitro groups is 1. The van der Waals surface area contributed by atoms with Gasteiger partial charge in [0.1, 0.15) is 0 Å². The van der Waals surface area contributed by atoms with Crippen LogP contribution in [0.4, 0.5) is 5.69 Å². The molecular weight excluding hydrogens is 354 g/mol. The van der Waals surface area contributed by atoms with E-state index >= 15 is 0 Å². The molecule has 0 atom stereocenters. The highest BCUT2D eigenvalue weighted by Crippen LogP contribution is 2.22. The Bertz CT molecular complexity index is 949. The summed E-state index contributed by atoms with van der Waals surface area (Å²) >= 11 is 0. The molecule has 0 saturated heterocycles. The van der Waals surface area contributed by atoms with Crippen LogP contribution in [0.3, 0.4) is 0 Å². The van der Waals surface area contributed by atoms with Gasteiger partial charge < -0.3 is 0 Å². The number of nitrogens with zero attached hydrogens (tertiary/aromatic N) is 2. The SMILES string of the molecule is C/C(=N/NS(=O)(=O)c1ccc(C)c([N+](=O)[O-])c1)c1ccc(C(C)C)cc1. The highest BCUT2D eigenvalue weighted by molar-refractivity contribution is 7.89. The summed E-state index contributed by atoms with van der Waals surface area (Å²) in [4.78, 5) is 12.3. The molecule has 2 rings (SSSR count). The first-order valence-electron chi connectivity index (χ1n) is 8.03. The Labute approximate surface area is 153 Å². The van der Waals surface area contributed by atoms with E-state index < -0.39 is 14.9 Å². The molecule has 0 fully saturated rings. The maximum Gasteiger partial charge on any atom is 0.276 e. The van der Waals surface area contributed by atoms with E-state index in [0.29, 0.717) is 17.2 Å². The van der Waals surface area contributed by atoms with Crippen LogP contribution in [0.25, 0.3) is 0 Å². The summed E-state index contributed by atoms with van der Waals surface area (Å²) in [6.45, 7) is 7.41. The quantitative estimate of drug-likeness (QED) is 0.472. The van der Waals surface area contributed by atoms with Crippen LogP contribution >= 0.6 is 0 Å². The molecule has 0 unspecified atom stereocenters. The third-order valence-electron chi connectivity index (χ3n) is 4.02. The van der Waals surface area contributed by atoms with Gasteiger partial charge in [0.05, 0.1) is 15.5 Å². The fourth-order valence-corrected chi connectivity index (χ4v) is 3.18. The largest absolute Gasteiger partial charge is 0.276 e. The predicted molar refractivity (Wildman–Crippen MR) is 101 cm³/mol. The molecule has 8 heteroatoms. The van der Waals surface area contributed by atoms with Crippen molar-refractivity contribution in [3.63, 3.8) is 0 Å². The average Bonchev–Trinajstić information content (AvgIpc) is 2.59. The van der Waals surface area contributed by atoms with Gasteiger partial charge >= 0.3 is 0 Å². The molecule has 0 aliphatic heterocycles. The van der Waals surface area contributed by atoms with Crippen molar-refractivity contribution in [2.24, 2.45) is 5.10 Å². The van der Waals surface area contributed by atoms with E-state index in [0.717, 1.165) is 11.6 Å². The number of sulfonamides is 1. The topological polar surface area (TPSA) is 102 Å². The second kappa shape index (κ2) is 7.65. The zero-order valence-electron chi connectivity index (χ0n) is 15.1. The van der Waals surface area contributed by atoms with Gasteiger partial charge in [0.25, 0.3) is 15.7 Å². The molecule has 0 heterocycles. The number of nitrogens with one attached hydrogen (secondary N) is 1. The van der Waals surface area contributed by atoms with Gasteiger partial charge in [-0.1, -0.05) is 44.2 Å². The summed E-state index contributed by atoms with van der Waals surface area (Å²) in [6.07, 6.45) is 0. The van der Waals surface area contributed by atoms with Crippen LogP contribution in [0.15, 0.2) is 52.5 Å². The lowest BCUT2D eigenvalue weighted by Crippen LogP contribution is -2.20.